The number of esters is 1. The largest absolute Gasteiger partial charge is 0.469 e. The topological polar surface area (TPSA) is 41.6 Å². The second-order valence-electron chi connectivity index (χ2n) is 8.67. The van der Waals surface area contributed by atoms with Gasteiger partial charge in [0.25, 0.3) is 0 Å². The first-order valence-corrected chi connectivity index (χ1v) is 9.49. The molecule has 3 fully saturated rings. The fraction of sp³-hybridized carbons (Fsp3) is 0.571. The van der Waals surface area contributed by atoms with E-state index in [4.69, 9.17) is 4.74 Å². The fourth-order valence-corrected chi connectivity index (χ4v) is 7.93. The number of carbonyl (C=O) groups excluding carboxylic acids is 1. The fourth-order valence-electron chi connectivity index (χ4n) is 7.93. The molecular formula is C21H24N2O2. The molecule has 3 spiro atoms. The molecule has 3 aliphatic heterocycles. The lowest BCUT2D eigenvalue weighted by Crippen LogP contribution is -2.63. The van der Waals surface area contributed by atoms with Crippen LogP contribution in [0.3, 0.4) is 0 Å². The Kier molecular flexibility index (Phi) is 2.37. The first kappa shape index (κ1) is 14.4. The Morgan fingerprint density at radius 2 is 2.20 bits per heavy atom. The van der Waals surface area contributed by atoms with Gasteiger partial charge in [0, 0.05) is 29.1 Å². The van der Waals surface area contributed by atoms with Crippen LogP contribution >= 0.6 is 0 Å². The maximum absolute atomic E-state index is 12.9. The average molecular weight is 336 g/mol. The number of ether oxygens (including phenoxy) is 1. The number of nitrogens with zero attached hydrogens (tertiary/aromatic N) is 1. The Morgan fingerprint density at radius 1 is 1.36 bits per heavy atom. The third-order valence-electron chi connectivity index (χ3n) is 8.47. The lowest BCUT2D eigenvalue weighted by molar-refractivity contribution is -0.149. The van der Waals surface area contributed by atoms with Crippen LogP contribution in [0.5, 0.6) is 0 Å². The monoisotopic (exact) mass is 336 g/mol. The van der Waals surface area contributed by atoms with E-state index in [0.29, 0.717) is 12.0 Å². The van der Waals surface area contributed by atoms with Crippen LogP contribution in [0.1, 0.15) is 25.3 Å². The Bertz CT molecular complexity index is 835. The van der Waals surface area contributed by atoms with E-state index in [2.05, 4.69) is 53.6 Å². The predicted molar refractivity (Wildman–Crippen MR) is 95.3 cm³/mol. The van der Waals surface area contributed by atoms with E-state index in [-0.39, 0.29) is 28.3 Å². The van der Waals surface area contributed by atoms with Crippen molar-refractivity contribution in [2.24, 2.45) is 17.3 Å². The highest BCUT2D eigenvalue weighted by Gasteiger charge is 2.85. The number of carbonyl (C=O) groups is 1. The average Bonchev–Trinajstić information content (AvgIpc) is 3.29. The number of nitrogens with one attached hydrogen (secondary N) is 1. The van der Waals surface area contributed by atoms with Crippen molar-refractivity contribution in [3.05, 3.63) is 42.0 Å². The molecule has 5 aliphatic rings. The molecule has 4 nitrogen and oxygen atoms in total. The zero-order valence-electron chi connectivity index (χ0n) is 14.8. The predicted octanol–water partition coefficient (Wildman–Crippen LogP) is 2.56. The number of anilines is 1. The van der Waals surface area contributed by atoms with Gasteiger partial charge in [0.05, 0.1) is 18.6 Å². The van der Waals surface area contributed by atoms with Gasteiger partial charge in [0.2, 0.25) is 0 Å². The number of benzene rings is 1. The lowest BCUT2D eigenvalue weighted by atomic mass is 9.57. The maximum atomic E-state index is 12.9. The van der Waals surface area contributed by atoms with E-state index in [1.807, 2.05) is 0 Å². The number of hydrogen-bond donors (Lipinski definition) is 1. The molecule has 1 aromatic rings. The normalized spacial score (nSPS) is 48.0. The summed E-state index contributed by atoms with van der Waals surface area (Å²) in [5.74, 6) is 0.277. The van der Waals surface area contributed by atoms with E-state index in [1.165, 1.54) is 18.4 Å². The van der Waals surface area contributed by atoms with Crippen LogP contribution in [0.15, 0.2) is 36.4 Å². The number of methoxy groups -OCH3 is 1. The van der Waals surface area contributed by atoms with E-state index in [9.17, 15) is 4.79 Å². The summed E-state index contributed by atoms with van der Waals surface area (Å²) >= 11 is 0. The van der Waals surface area contributed by atoms with Crippen molar-refractivity contribution < 1.29 is 9.53 Å². The number of hydrogen-bond acceptors (Lipinski definition) is 4. The van der Waals surface area contributed by atoms with Crippen molar-refractivity contribution in [2.75, 3.05) is 25.5 Å². The maximum Gasteiger partial charge on any atom is 0.311 e. The zero-order valence-corrected chi connectivity index (χ0v) is 14.8. The van der Waals surface area contributed by atoms with Gasteiger partial charge in [0.15, 0.2) is 0 Å². The Labute approximate surface area is 148 Å². The molecule has 4 heteroatoms. The Hall–Kier alpha value is -1.81. The minimum absolute atomic E-state index is 0.0187. The molecule has 130 valence electrons. The zero-order chi connectivity index (χ0) is 17.0. The van der Waals surface area contributed by atoms with Crippen LogP contribution in [0.2, 0.25) is 0 Å². The molecule has 0 radical (unpaired) electrons. The first-order valence-electron chi connectivity index (χ1n) is 9.49. The minimum atomic E-state index is -0.224. The standard InChI is InChI=1S/C21H24N2O2/c1-13-19-8-5-10-23-11-9-20(18(19)23)14-6-3-4-7-16(14)22-21(13,20)15(12-19)17(24)25-2/h3-8,13,15,18,22H,9-12H2,1-2H3/t13-,15+,18+,19-,20+,21+/m0/s1. The van der Waals surface area contributed by atoms with Gasteiger partial charge in [-0.3, -0.25) is 9.69 Å². The summed E-state index contributed by atoms with van der Waals surface area (Å²) in [6, 6.07) is 9.25. The molecule has 6 atom stereocenters. The molecule has 2 bridgehead atoms. The third kappa shape index (κ3) is 1.19. The summed E-state index contributed by atoms with van der Waals surface area (Å²) in [6.45, 7) is 4.53. The summed E-state index contributed by atoms with van der Waals surface area (Å²) in [5, 5.41) is 3.92. The number of para-hydroxylation sites is 1. The molecule has 3 heterocycles. The van der Waals surface area contributed by atoms with Gasteiger partial charge in [-0.05, 0) is 36.9 Å². The van der Waals surface area contributed by atoms with Crippen LogP contribution in [-0.2, 0) is 14.9 Å². The summed E-state index contributed by atoms with van der Waals surface area (Å²) in [6.07, 6.45) is 6.83. The van der Waals surface area contributed by atoms with Gasteiger partial charge in [-0.2, -0.15) is 0 Å². The van der Waals surface area contributed by atoms with Crippen LogP contribution in [0.25, 0.3) is 0 Å². The smallest absolute Gasteiger partial charge is 0.311 e. The number of rotatable bonds is 1. The molecule has 0 aromatic heterocycles. The molecule has 0 amide bonds. The second kappa shape index (κ2) is 4.12. The molecule has 1 saturated heterocycles. The van der Waals surface area contributed by atoms with E-state index >= 15 is 0 Å². The van der Waals surface area contributed by atoms with Gasteiger partial charge in [-0.1, -0.05) is 37.3 Å². The van der Waals surface area contributed by atoms with Crippen molar-refractivity contribution in [3.63, 3.8) is 0 Å². The van der Waals surface area contributed by atoms with Crippen molar-refractivity contribution in [1.29, 1.82) is 0 Å². The highest BCUT2D eigenvalue weighted by molar-refractivity contribution is 5.82. The molecule has 6 rings (SSSR count). The molecule has 0 unspecified atom stereocenters. The van der Waals surface area contributed by atoms with Crippen LogP contribution in [0, 0.1) is 17.3 Å². The summed E-state index contributed by atoms with van der Waals surface area (Å²) in [7, 11) is 1.54. The highest BCUT2D eigenvalue weighted by Crippen LogP contribution is 2.78. The Morgan fingerprint density at radius 3 is 3.04 bits per heavy atom. The SMILES string of the molecule is COC(=O)[C@H]1C[C@@]23C=CCN4CC[C@@]5(c6ccccc6N[C@]15[C@H]2C)[C@H]43. The quantitative estimate of drug-likeness (QED) is 0.632. The van der Waals surface area contributed by atoms with Gasteiger partial charge in [0.1, 0.15) is 0 Å². The molecule has 2 saturated carbocycles. The van der Waals surface area contributed by atoms with Gasteiger partial charge in [-0.25, -0.2) is 0 Å². The third-order valence-corrected chi connectivity index (χ3v) is 8.47. The van der Waals surface area contributed by atoms with Crippen LogP contribution in [-0.4, -0.2) is 42.6 Å². The minimum Gasteiger partial charge on any atom is -0.469 e. The molecule has 25 heavy (non-hydrogen) atoms. The van der Waals surface area contributed by atoms with E-state index < -0.39 is 0 Å². The van der Waals surface area contributed by atoms with Gasteiger partial charge in [-0.15, -0.1) is 0 Å². The highest BCUT2D eigenvalue weighted by atomic mass is 16.5. The van der Waals surface area contributed by atoms with E-state index in [1.54, 1.807) is 0 Å². The van der Waals surface area contributed by atoms with Crippen LogP contribution < -0.4 is 5.32 Å². The molecular weight excluding hydrogens is 312 g/mol. The van der Waals surface area contributed by atoms with Crippen molar-refractivity contribution >= 4 is 11.7 Å². The van der Waals surface area contributed by atoms with Crippen LogP contribution in [0.4, 0.5) is 5.69 Å². The van der Waals surface area contributed by atoms with Crippen molar-refractivity contribution in [2.45, 2.75) is 36.8 Å². The summed E-state index contributed by atoms with van der Waals surface area (Å²) in [4.78, 5) is 15.6. The van der Waals surface area contributed by atoms with Crippen molar-refractivity contribution in [3.8, 4) is 0 Å². The molecule has 2 aliphatic carbocycles. The Balaban J connectivity index is 1.69. The van der Waals surface area contributed by atoms with Gasteiger partial charge >= 0.3 is 5.97 Å². The first-order chi connectivity index (χ1) is 12.1. The summed E-state index contributed by atoms with van der Waals surface area (Å²) < 4.78 is 5.30. The molecule has 1 N–H and O–H groups in total. The van der Waals surface area contributed by atoms with Gasteiger partial charge < -0.3 is 10.1 Å². The van der Waals surface area contributed by atoms with E-state index in [0.717, 1.165) is 25.9 Å². The number of fused-ring (bicyclic) bond motifs is 1. The second-order valence-corrected chi connectivity index (χ2v) is 8.67. The summed E-state index contributed by atoms with van der Waals surface area (Å²) in [5.41, 5.74) is 2.53. The molecule has 1 aromatic carbocycles. The lowest BCUT2D eigenvalue weighted by Gasteiger charge is -2.50. The van der Waals surface area contributed by atoms with Crippen molar-refractivity contribution in [1.82, 2.24) is 4.90 Å².